The van der Waals surface area contributed by atoms with Crippen LogP contribution in [0.1, 0.15) is 29.7 Å². The fourth-order valence-electron chi connectivity index (χ4n) is 3.00. The van der Waals surface area contributed by atoms with Crippen LogP contribution in [0, 0.1) is 0 Å². The van der Waals surface area contributed by atoms with Gasteiger partial charge in [0.25, 0.3) is 0 Å². The summed E-state index contributed by atoms with van der Waals surface area (Å²) in [6.07, 6.45) is 10.8. The molecular weight excluding hydrogens is 286 g/mol. The molecule has 0 unspecified atom stereocenters. The molecule has 2 aromatic heterocycles. The largest absolute Gasteiger partial charge is 0.357 e. The zero-order chi connectivity index (χ0) is 15.6. The molecule has 114 valence electrons. The van der Waals surface area contributed by atoms with Crippen LogP contribution >= 0.6 is 0 Å². The maximum Gasteiger partial charge on any atom is 0.222 e. The molecule has 4 rings (SSSR count). The van der Waals surface area contributed by atoms with Crippen molar-refractivity contribution in [2.75, 3.05) is 12.4 Å². The number of nitrogens with zero attached hydrogens (tertiary/aromatic N) is 4. The Labute approximate surface area is 134 Å². The minimum absolute atomic E-state index is 0.678. The van der Waals surface area contributed by atoms with E-state index < -0.39 is 0 Å². The maximum absolute atomic E-state index is 4.64. The molecule has 0 fully saturated rings. The summed E-state index contributed by atoms with van der Waals surface area (Å²) < 4.78 is 0. The summed E-state index contributed by atoms with van der Waals surface area (Å²) in [5.41, 5.74) is 5.55. The Morgan fingerprint density at radius 3 is 3.00 bits per heavy atom. The van der Waals surface area contributed by atoms with Gasteiger partial charge in [-0.2, -0.15) is 0 Å². The second-order valence-electron chi connectivity index (χ2n) is 5.61. The van der Waals surface area contributed by atoms with Gasteiger partial charge in [-0.05, 0) is 42.5 Å². The Hall–Kier alpha value is -2.82. The molecule has 5 heteroatoms. The number of hydrogen-bond acceptors (Lipinski definition) is 5. The number of benzene rings is 1. The van der Waals surface area contributed by atoms with Gasteiger partial charge in [0.1, 0.15) is 6.33 Å². The van der Waals surface area contributed by atoms with Crippen molar-refractivity contribution in [3.63, 3.8) is 0 Å². The number of fused-ring (bicyclic) bond motifs is 2. The number of hydrogen-bond donors (Lipinski definition) is 1. The third-order valence-electron chi connectivity index (χ3n) is 4.16. The second kappa shape index (κ2) is 5.76. The van der Waals surface area contributed by atoms with E-state index in [1.54, 1.807) is 6.33 Å². The lowest BCUT2D eigenvalue weighted by atomic mass is 9.97. The predicted molar refractivity (Wildman–Crippen MR) is 91.1 cm³/mol. The molecule has 0 saturated carbocycles. The average molecular weight is 303 g/mol. The van der Waals surface area contributed by atoms with Crippen molar-refractivity contribution in [1.29, 1.82) is 0 Å². The third-order valence-corrected chi connectivity index (χ3v) is 4.16. The molecule has 3 aromatic rings. The third kappa shape index (κ3) is 2.54. The number of rotatable bonds is 2. The molecule has 5 nitrogen and oxygen atoms in total. The van der Waals surface area contributed by atoms with Crippen LogP contribution in [0.25, 0.3) is 16.5 Å². The fourth-order valence-corrected chi connectivity index (χ4v) is 3.00. The van der Waals surface area contributed by atoms with Crippen LogP contribution in [0.3, 0.4) is 0 Å². The zero-order valence-corrected chi connectivity index (χ0v) is 13.0. The summed E-state index contributed by atoms with van der Waals surface area (Å²) in [6, 6.07) is 6.30. The SMILES string of the molecule is CNc1ncc2c(n1)CCCC=C2c1ccc2ncncc2c1. The minimum Gasteiger partial charge on any atom is -0.357 e. The molecule has 0 atom stereocenters. The van der Waals surface area contributed by atoms with Crippen LogP contribution in [0.2, 0.25) is 0 Å². The normalized spacial score (nSPS) is 14.0. The first-order valence-corrected chi connectivity index (χ1v) is 7.79. The van der Waals surface area contributed by atoms with E-state index in [1.807, 2.05) is 25.5 Å². The van der Waals surface area contributed by atoms with Crippen LogP contribution in [0.15, 0.2) is 43.0 Å². The Morgan fingerprint density at radius 1 is 1.13 bits per heavy atom. The van der Waals surface area contributed by atoms with Crippen molar-refractivity contribution in [2.24, 2.45) is 0 Å². The van der Waals surface area contributed by atoms with Crippen molar-refractivity contribution in [2.45, 2.75) is 19.3 Å². The number of nitrogens with one attached hydrogen (secondary N) is 1. The quantitative estimate of drug-likeness (QED) is 0.787. The summed E-state index contributed by atoms with van der Waals surface area (Å²) >= 11 is 0. The number of aryl methyl sites for hydroxylation is 1. The van der Waals surface area contributed by atoms with Crippen LogP contribution in [-0.4, -0.2) is 27.0 Å². The van der Waals surface area contributed by atoms with Gasteiger partial charge in [0.15, 0.2) is 0 Å². The molecular formula is C18H17N5. The lowest BCUT2D eigenvalue weighted by Crippen LogP contribution is -2.03. The first-order chi connectivity index (χ1) is 11.3. The molecule has 1 N–H and O–H groups in total. The Morgan fingerprint density at radius 2 is 2.09 bits per heavy atom. The fraction of sp³-hybridized carbons (Fsp3) is 0.222. The maximum atomic E-state index is 4.64. The van der Waals surface area contributed by atoms with E-state index in [1.165, 1.54) is 5.57 Å². The molecule has 2 heterocycles. The van der Waals surface area contributed by atoms with Crippen LogP contribution in [0.4, 0.5) is 5.95 Å². The van der Waals surface area contributed by atoms with E-state index in [0.29, 0.717) is 5.95 Å². The molecule has 0 amide bonds. The van der Waals surface area contributed by atoms with Gasteiger partial charge in [-0.1, -0.05) is 12.1 Å². The van der Waals surface area contributed by atoms with Gasteiger partial charge < -0.3 is 5.32 Å². The van der Waals surface area contributed by atoms with Gasteiger partial charge in [0.05, 0.1) is 11.2 Å². The van der Waals surface area contributed by atoms with Crippen molar-refractivity contribution in [3.8, 4) is 0 Å². The monoisotopic (exact) mass is 303 g/mol. The molecule has 1 aliphatic carbocycles. The molecule has 0 bridgehead atoms. The van der Waals surface area contributed by atoms with Gasteiger partial charge in [0.2, 0.25) is 5.95 Å². The van der Waals surface area contributed by atoms with E-state index in [-0.39, 0.29) is 0 Å². The Kier molecular flexibility index (Phi) is 3.46. The summed E-state index contributed by atoms with van der Waals surface area (Å²) in [4.78, 5) is 17.5. The topological polar surface area (TPSA) is 63.6 Å². The highest BCUT2D eigenvalue weighted by Crippen LogP contribution is 2.31. The van der Waals surface area contributed by atoms with Crippen molar-refractivity contribution in [3.05, 3.63) is 59.8 Å². The first kappa shape index (κ1) is 13.8. The van der Waals surface area contributed by atoms with Gasteiger partial charge in [-0.25, -0.2) is 19.9 Å². The lowest BCUT2D eigenvalue weighted by molar-refractivity contribution is 0.822. The Bertz CT molecular complexity index is 901. The zero-order valence-electron chi connectivity index (χ0n) is 13.0. The molecule has 23 heavy (non-hydrogen) atoms. The van der Waals surface area contributed by atoms with Crippen molar-refractivity contribution < 1.29 is 0 Å². The van der Waals surface area contributed by atoms with Gasteiger partial charge in [-0.15, -0.1) is 0 Å². The molecule has 0 radical (unpaired) electrons. The van der Waals surface area contributed by atoms with Crippen LogP contribution < -0.4 is 5.32 Å². The van der Waals surface area contributed by atoms with E-state index in [0.717, 1.165) is 47.0 Å². The van der Waals surface area contributed by atoms with E-state index in [2.05, 4.69) is 43.5 Å². The predicted octanol–water partition coefficient (Wildman–Crippen LogP) is 3.23. The molecule has 0 aliphatic heterocycles. The molecule has 1 aromatic carbocycles. The van der Waals surface area contributed by atoms with Gasteiger partial charge >= 0.3 is 0 Å². The highest BCUT2D eigenvalue weighted by atomic mass is 15.1. The van der Waals surface area contributed by atoms with Gasteiger partial charge in [-0.3, -0.25) is 0 Å². The Balaban J connectivity index is 1.85. The van der Waals surface area contributed by atoms with Crippen LogP contribution in [0.5, 0.6) is 0 Å². The smallest absolute Gasteiger partial charge is 0.222 e. The summed E-state index contributed by atoms with van der Waals surface area (Å²) in [5.74, 6) is 0.678. The molecule has 1 aliphatic rings. The molecule has 0 spiro atoms. The average Bonchev–Trinajstić information content (AvgIpc) is 2.83. The summed E-state index contributed by atoms with van der Waals surface area (Å²) in [5, 5.41) is 4.06. The van der Waals surface area contributed by atoms with Crippen molar-refractivity contribution >= 4 is 22.4 Å². The highest BCUT2D eigenvalue weighted by Gasteiger charge is 2.16. The van der Waals surface area contributed by atoms with Crippen molar-refractivity contribution in [1.82, 2.24) is 19.9 Å². The number of allylic oxidation sites excluding steroid dienone is 1. The van der Waals surface area contributed by atoms with E-state index >= 15 is 0 Å². The first-order valence-electron chi connectivity index (χ1n) is 7.79. The number of aromatic nitrogens is 4. The summed E-state index contributed by atoms with van der Waals surface area (Å²) in [7, 11) is 1.85. The molecule has 0 saturated heterocycles. The second-order valence-corrected chi connectivity index (χ2v) is 5.61. The standard InChI is InChI=1S/C18H17N5/c1-19-18-21-10-15-14(4-2-3-5-17(15)23-18)12-6-7-16-13(8-12)9-20-11-22-16/h4,6-11H,2-3,5H2,1H3,(H,19,21,23). The highest BCUT2D eigenvalue weighted by molar-refractivity contribution is 5.87. The minimum atomic E-state index is 0.678. The van der Waals surface area contributed by atoms with E-state index in [4.69, 9.17) is 0 Å². The lowest BCUT2D eigenvalue weighted by Gasteiger charge is -2.12. The number of anilines is 1. The van der Waals surface area contributed by atoms with E-state index in [9.17, 15) is 0 Å². The van der Waals surface area contributed by atoms with Crippen LogP contribution in [-0.2, 0) is 6.42 Å². The summed E-state index contributed by atoms with van der Waals surface area (Å²) in [6.45, 7) is 0. The van der Waals surface area contributed by atoms with Gasteiger partial charge in [0, 0.05) is 30.4 Å².